The summed E-state index contributed by atoms with van der Waals surface area (Å²) in [4.78, 5) is 1.24. The van der Waals surface area contributed by atoms with Crippen LogP contribution in [-0.2, 0) is 6.42 Å². The van der Waals surface area contributed by atoms with Gasteiger partial charge in [-0.15, -0.1) is 11.3 Å². The molecule has 1 N–H and O–H groups in total. The molecule has 0 aliphatic carbocycles. The zero-order valence-corrected chi connectivity index (χ0v) is 12.3. The molecule has 19 heavy (non-hydrogen) atoms. The number of thiophene rings is 1. The van der Waals surface area contributed by atoms with Gasteiger partial charge in [0.15, 0.2) is 0 Å². The third-order valence-corrected chi connectivity index (χ3v) is 4.26. The van der Waals surface area contributed by atoms with E-state index in [1.165, 1.54) is 16.5 Å². The van der Waals surface area contributed by atoms with E-state index in [0.717, 1.165) is 24.9 Å². The van der Waals surface area contributed by atoms with E-state index in [-0.39, 0.29) is 11.9 Å². The highest BCUT2D eigenvalue weighted by Gasteiger charge is 2.20. The van der Waals surface area contributed by atoms with Crippen molar-refractivity contribution in [3.05, 3.63) is 57.5 Å². The number of hydrogen-bond donors (Lipinski definition) is 1. The lowest BCUT2D eigenvalue weighted by Gasteiger charge is -2.20. The van der Waals surface area contributed by atoms with Crippen LogP contribution in [0.4, 0.5) is 4.39 Å². The summed E-state index contributed by atoms with van der Waals surface area (Å²) in [5, 5.41) is 5.57. The van der Waals surface area contributed by atoms with Gasteiger partial charge in [0.25, 0.3) is 0 Å². The second kappa shape index (κ2) is 6.83. The van der Waals surface area contributed by atoms with Crippen LogP contribution < -0.4 is 5.32 Å². The Labute approximate surface area is 118 Å². The van der Waals surface area contributed by atoms with Gasteiger partial charge in [0.05, 0.1) is 6.04 Å². The fourth-order valence-corrected chi connectivity index (χ4v) is 3.32. The van der Waals surface area contributed by atoms with Crippen molar-refractivity contribution in [2.45, 2.75) is 32.7 Å². The molecule has 0 radical (unpaired) electrons. The smallest absolute Gasteiger partial charge is 0.128 e. The lowest BCUT2D eigenvalue weighted by molar-refractivity contribution is 0.549. The fraction of sp³-hybridized carbons (Fsp3) is 0.375. The van der Waals surface area contributed by atoms with Crippen molar-refractivity contribution in [3.8, 4) is 0 Å². The van der Waals surface area contributed by atoms with Gasteiger partial charge in [0.1, 0.15) is 5.82 Å². The number of hydrogen-bond acceptors (Lipinski definition) is 2. The molecule has 1 atom stereocenters. The summed E-state index contributed by atoms with van der Waals surface area (Å²) in [6.07, 6.45) is 2.02. The average Bonchev–Trinajstić information content (AvgIpc) is 2.89. The second-order valence-electron chi connectivity index (χ2n) is 4.57. The van der Waals surface area contributed by atoms with Crippen molar-refractivity contribution in [1.29, 1.82) is 0 Å². The lowest BCUT2D eigenvalue weighted by atomic mass is 10.0. The first-order valence-electron chi connectivity index (χ1n) is 6.82. The van der Waals surface area contributed by atoms with Crippen LogP contribution >= 0.6 is 11.3 Å². The van der Waals surface area contributed by atoms with Crippen molar-refractivity contribution in [2.75, 3.05) is 6.54 Å². The van der Waals surface area contributed by atoms with Gasteiger partial charge in [0, 0.05) is 10.4 Å². The molecule has 0 amide bonds. The first-order valence-corrected chi connectivity index (χ1v) is 7.70. The maximum atomic E-state index is 14.1. The number of nitrogens with one attached hydrogen (secondary N) is 1. The van der Waals surface area contributed by atoms with Crippen molar-refractivity contribution in [1.82, 2.24) is 5.32 Å². The molecule has 102 valence electrons. The predicted octanol–water partition coefficient (Wildman–Crippen LogP) is 4.54. The molecule has 3 heteroatoms. The van der Waals surface area contributed by atoms with E-state index in [1.54, 1.807) is 17.4 Å². The minimum Gasteiger partial charge on any atom is -0.306 e. The molecular weight excluding hydrogens is 257 g/mol. The molecule has 1 aromatic carbocycles. The molecule has 0 aliphatic heterocycles. The van der Waals surface area contributed by atoms with Gasteiger partial charge >= 0.3 is 0 Å². The second-order valence-corrected chi connectivity index (χ2v) is 5.52. The van der Waals surface area contributed by atoms with E-state index < -0.39 is 0 Å². The average molecular weight is 277 g/mol. The summed E-state index contributed by atoms with van der Waals surface area (Å²) in [5.74, 6) is -0.133. The Morgan fingerprint density at radius 3 is 2.68 bits per heavy atom. The molecular formula is C16H20FNS. The first-order chi connectivity index (χ1) is 9.27. The SMILES string of the molecule is CCCNC(c1ccccc1F)c1sccc1CC. The number of halogens is 1. The van der Waals surface area contributed by atoms with Gasteiger partial charge in [-0.3, -0.25) is 0 Å². The molecule has 1 unspecified atom stereocenters. The van der Waals surface area contributed by atoms with E-state index in [2.05, 4.69) is 30.6 Å². The number of aryl methyl sites for hydroxylation is 1. The molecule has 0 saturated heterocycles. The Bertz CT molecular complexity index is 521. The topological polar surface area (TPSA) is 12.0 Å². The normalized spacial score (nSPS) is 12.6. The maximum Gasteiger partial charge on any atom is 0.128 e. The van der Waals surface area contributed by atoms with Crippen LogP contribution in [-0.4, -0.2) is 6.54 Å². The molecule has 0 saturated carbocycles. The standard InChI is InChI=1S/C16H20FNS/c1-3-10-18-15(13-7-5-6-8-14(13)17)16-12(4-2)9-11-19-16/h5-9,11,15,18H,3-4,10H2,1-2H3. The van der Waals surface area contributed by atoms with Gasteiger partial charge in [-0.2, -0.15) is 0 Å². The molecule has 0 fully saturated rings. The Morgan fingerprint density at radius 1 is 1.21 bits per heavy atom. The van der Waals surface area contributed by atoms with Crippen LogP contribution in [0.15, 0.2) is 35.7 Å². The Kier molecular flexibility index (Phi) is 5.11. The molecule has 0 bridgehead atoms. The summed E-state index contributed by atoms with van der Waals surface area (Å²) in [6, 6.07) is 9.16. The Hall–Kier alpha value is -1.19. The van der Waals surface area contributed by atoms with Crippen molar-refractivity contribution >= 4 is 11.3 Å². The fourth-order valence-electron chi connectivity index (χ4n) is 2.23. The van der Waals surface area contributed by atoms with Gasteiger partial charge < -0.3 is 5.32 Å². The Balaban J connectivity index is 2.39. The van der Waals surface area contributed by atoms with Crippen LogP contribution in [0, 0.1) is 5.82 Å². The maximum absolute atomic E-state index is 14.1. The van der Waals surface area contributed by atoms with E-state index >= 15 is 0 Å². The molecule has 1 aromatic heterocycles. The van der Waals surface area contributed by atoms with Gasteiger partial charge in [-0.25, -0.2) is 4.39 Å². The summed E-state index contributed by atoms with van der Waals surface area (Å²) >= 11 is 1.71. The van der Waals surface area contributed by atoms with Crippen LogP contribution in [0.25, 0.3) is 0 Å². The number of rotatable bonds is 6. The Morgan fingerprint density at radius 2 is 2.00 bits per heavy atom. The molecule has 0 aliphatic rings. The zero-order valence-electron chi connectivity index (χ0n) is 11.4. The van der Waals surface area contributed by atoms with Crippen molar-refractivity contribution in [3.63, 3.8) is 0 Å². The third kappa shape index (κ3) is 3.23. The van der Waals surface area contributed by atoms with Crippen molar-refractivity contribution < 1.29 is 4.39 Å². The van der Waals surface area contributed by atoms with Crippen LogP contribution in [0.1, 0.15) is 42.3 Å². The summed E-state index contributed by atoms with van der Waals surface area (Å²) in [5.41, 5.74) is 2.05. The zero-order chi connectivity index (χ0) is 13.7. The van der Waals surface area contributed by atoms with Gasteiger partial charge in [0.2, 0.25) is 0 Å². The monoisotopic (exact) mass is 277 g/mol. The highest BCUT2D eigenvalue weighted by molar-refractivity contribution is 7.10. The minimum atomic E-state index is -0.133. The predicted molar refractivity (Wildman–Crippen MR) is 80.2 cm³/mol. The van der Waals surface area contributed by atoms with Crippen LogP contribution in [0.3, 0.4) is 0 Å². The van der Waals surface area contributed by atoms with Crippen LogP contribution in [0.2, 0.25) is 0 Å². The first kappa shape index (κ1) is 14.2. The minimum absolute atomic E-state index is 0.0314. The number of benzene rings is 1. The van der Waals surface area contributed by atoms with Crippen molar-refractivity contribution in [2.24, 2.45) is 0 Å². The highest BCUT2D eigenvalue weighted by Crippen LogP contribution is 2.31. The summed E-state index contributed by atoms with van der Waals surface area (Å²) < 4.78 is 14.1. The molecule has 0 spiro atoms. The molecule has 1 nitrogen and oxygen atoms in total. The highest BCUT2D eigenvalue weighted by atomic mass is 32.1. The van der Waals surface area contributed by atoms with Gasteiger partial charge in [-0.05, 0) is 42.5 Å². The summed E-state index contributed by atoms with van der Waals surface area (Å²) in [6.45, 7) is 5.16. The van der Waals surface area contributed by atoms with E-state index in [4.69, 9.17) is 0 Å². The molecule has 2 rings (SSSR count). The van der Waals surface area contributed by atoms with E-state index in [9.17, 15) is 4.39 Å². The van der Waals surface area contributed by atoms with E-state index in [1.807, 2.05) is 12.1 Å². The van der Waals surface area contributed by atoms with Gasteiger partial charge in [-0.1, -0.05) is 32.0 Å². The van der Waals surface area contributed by atoms with E-state index in [0.29, 0.717) is 0 Å². The summed E-state index contributed by atoms with van der Waals surface area (Å²) in [7, 11) is 0. The quantitative estimate of drug-likeness (QED) is 0.817. The molecule has 1 heterocycles. The molecule has 2 aromatic rings. The lowest BCUT2D eigenvalue weighted by Crippen LogP contribution is -2.24. The largest absolute Gasteiger partial charge is 0.306 e. The third-order valence-electron chi connectivity index (χ3n) is 3.24. The van der Waals surface area contributed by atoms with Crippen LogP contribution in [0.5, 0.6) is 0 Å².